The molecule has 0 radical (unpaired) electrons. The molecule has 0 N–H and O–H groups in total. The van der Waals surface area contributed by atoms with Crippen LogP contribution in [0.4, 0.5) is 0 Å². The summed E-state index contributed by atoms with van der Waals surface area (Å²) in [5.74, 6) is 0.684. The normalized spacial score (nSPS) is 14.3. The van der Waals surface area contributed by atoms with E-state index in [9.17, 15) is 0 Å². The molecule has 0 aromatic carbocycles. The Morgan fingerprint density at radius 3 is 1.82 bits per heavy atom. The van der Waals surface area contributed by atoms with Crippen LogP contribution in [0.3, 0.4) is 0 Å². The maximum absolute atomic E-state index is 2.39. The van der Waals surface area contributed by atoms with E-state index in [1.807, 2.05) is 0 Å². The van der Waals surface area contributed by atoms with Crippen LogP contribution in [0.15, 0.2) is 11.6 Å². The Bertz CT molecular complexity index is 133. The van der Waals surface area contributed by atoms with Gasteiger partial charge >= 0.3 is 0 Å². The van der Waals surface area contributed by atoms with E-state index in [0.717, 1.165) is 0 Å². The van der Waals surface area contributed by atoms with E-state index in [1.165, 1.54) is 6.42 Å². The van der Waals surface area contributed by atoms with Gasteiger partial charge in [-0.25, -0.2) is 0 Å². The molecule has 0 aromatic heterocycles. The van der Waals surface area contributed by atoms with Crippen molar-refractivity contribution in [3.05, 3.63) is 11.6 Å². The lowest BCUT2D eigenvalue weighted by Gasteiger charge is -2.22. The Morgan fingerprint density at radius 1 is 1.27 bits per heavy atom. The fourth-order valence-corrected chi connectivity index (χ4v) is 1.30. The second kappa shape index (κ2) is 3.94. The Morgan fingerprint density at radius 2 is 1.73 bits per heavy atom. The molecule has 0 unspecified atom stereocenters. The van der Waals surface area contributed by atoms with Gasteiger partial charge in [0, 0.05) is 0 Å². The van der Waals surface area contributed by atoms with Crippen LogP contribution >= 0.6 is 0 Å². The van der Waals surface area contributed by atoms with E-state index in [0.29, 0.717) is 11.3 Å². The minimum absolute atomic E-state index is 0.360. The van der Waals surface area contributed by atoms with Crippen LogP contribution in [0.2, 0.25) is 0 Å². The van der Waals surface area contributed by atoms with Gasteiger partial charge < -0.3 is 0 Å². The predicted molar refractivity (Wildman–Crippen MR) is 52.7 cm³/mol. The second-order valence-electron chi connectivity index (χ2n) is 4.54. The molecule has 0 aromatic rings. The average Bonchev–Trinajstić information content (AvgIpc) is 1.79. The van der Waals surface area contributed by atoms with Crippen molar-refractivity contribution < 1.29 is 0 Å². The highest BCUT2D eigenvalue weighted by atomic mass is 14.2. The van der Waals surface area contributed by atoms with Crippen LogP contribution in [0.5, 0.6) is 0 Å². The quantitative estimate of drug-likeness (QED) is 0.527. The van der Waals surface area contributed by atoms with Gasteiger partial charge in [0.15, 0.2) is 0 Å². The van der Waals surface area contributed by atoms with Gasteiger partial charge in [-0.05, 0) is 17.8 Å². The summed E-state index contributed by atoms with van der Waals surface area (Å²) in [6.45, 7) is 13.6. The molecule has 0 bridgehead atoms. The lowest BCUT2D eigenvalue weighted by molar-refractivity contribution is 0.481. The highest BCUT2D eigenvalue weighted by Crippen LogP contribution is 2.28. The van der Waals surface area contributed by atoms with E-state index in [1.54, 1.807) is 5.57 Å². The van der Waals surface area contributed by atoms with Crippen LogP contribution < -0.4 is 0 Å². The van der Waals surface area contributed by atoms with Crippen LogP contribution in [-0.2, 0) is 0 Å². The first kappa shape index (κ1) is 10.7. The zero-order chi connectivity index (χ0) is 9.07. The van der Waals surface area contributed by atoms with Crippen LogP contribution in [0.25, 0.3) is 0 Å². The van der Waals surface area contributed by atoms with Gasteiger partial charge in [-0.2, -0.15) is 0 Å². The average molecular weight is 154 g/mol. The molecule has 0 nitrogen and oxygen atoms in total. The van der Waals surface area contributed by atoms with E-state index in [4.69, 9.17) is 0 Å². The first-order valence-electron chi connectivity index (χ1n) is 4.59. The summed E-state index contributed by atoms with van der Waals surface area (Å²) in [6, 6.07) is 0. The summed E-state index contributed by atoms with van der Waals surface area (Å²) in [4.78, 5) is 0. The molecular formula is C11H22. The van der Waals surface area contributed by atoms with Crippen LogP contribution in [0, 0.1) is 11.3 Å². The Kier molecular flexibility index (Phi) is 3.85. The second-order valence-corrected chi connectivity index (χ2v) is 4.54. The molecule has 11 heavy (non-hydrogen) atoms. The minimum Gasteiger partial charge on any atom is -0.0822 e. The maximum Gasteiger partial charge on any atom is -0.0173 e. The molecular weight excluding hydrogens is 132 g/mol. The van der Waals surface area contributed by atoms with Crippen LogP contribution in [-0.4, -0.2) is 0 Å². The fourth-order valence-electron chi connectivity index (χ4n) is 1.30. The van der Waals surface area contributed by atoms with Crippen molar-refractivity contribution in [2.45, 2.75) is 48.0 Å². The van der Waals surface area contributed by atoms with E-state index >= 15 is 0 Å². The van der Waals surface area contributed by atoms with E-state index in [-0.39, 0.29) is 0 Å². The van der Waals surface area contributed by atoms with E-state index < -0.39 is 0 Å². The number of hydrogen-bond donors (Lipinski definition) is 0. The molecule has 0 atom stereocenters. The van der Waals surface area contributed by atoms with Gasteiger partial charge in [-0.1, -0.05) is 53.2 Å². The Hall–Kier alpha value is -0.260. The lowest BCUT2D eigenvalue weighted by atomic mass is 9.83. The van der Waals surface area contributed by atoms with Crippen LogP contribution in [0.1, 0.15) is 48.0 Å². The number of allylic oxidation sites excluding steroid dienone is 2. The minimum atomic E-state index is 0.360. The summed E-state index contributed by atoms with van der Waals surface area (Å²) >= 11 is 0. The molecule has 0 rings (SSSR count). The van der Waals surface area contributed by atoms with Gasteiger partial charge in [0.1, 0.15) is 0 Å². The zero-order valence-corrected chi connectivity index (χ0v) is 8.86. The number of hydrogen-bond acceptors (Lipinski definition) is 0. The summed E-state index contributed by atoms with van der Waals surface area (Å²) < 4.78 is 0. The molecule has 0 aliphatic rings. The van der Waals surface area contributed by atoms with Crippen molar-refractivity contribution in [2.75, 3.05) is 0 Å². The molecule has 66 valence electrons. The molecule has 0 aliphatic heterocycles. The van der Waals surface area contributed by atoms with Gasteiger partial charge in [-0.3, -0.25) is 0 Å². The third-order valence-corrected chi connectivity index (χ3v) is 1.88. The molecule has 0 amide bonds. The highest BCUT2D eigenvalue weighted by Gasteiger charge is 2.14. The fraction of sp³-hybridized carbons (Fsp3) is 0.818. The van der Waals surface area contributed by atoms with Crippen molar-refractivity contribution in [1.29, 1.82) is 0 Å². The topological polar surface area (TPSA) is 0 Å². The molecule has 0 heterocycles. The third kappa shape index (κ3) is 4.23. The molecule has 0 saturated carbocycles. The van der Waals surface area contributed by atoms with Gasteiger partial charge in [0.2, 0.25) is 0 Å². The van der Waals surface area contributed by atoms with Crippen molar-refractivity contribution in [1.82, 2.24) is 0 Å². The summed E-state index contributed by atoms with van der Waals surface area (Å²) in [7, 11) is 0. The summed E-state index contributed by atoms with van der Waals surface area (Å²) in [5, 5.41) is 0. The van der Waals surface area contributed by atoms with Gasteiger partial charge in [-0.15, -0.1) is 0 Å². The lowest BCUT2D eigenvalue weighted by Crippen LogP contribution is -2.09. The molecule has 0 aliphatic carbocycles. The third-order valence-electron chi connectivity index (χ3n) is 1.88. The highest BCUT2D eigenvalue weighted by molar-refractivity contribution is 5.10. The SMILES string of the molecule is CCC(=CC(C)C)C(C)(C)C. The first-order chi connectivity index (χ1) is 4.88. The van der Waals surface area contributed by atoms with Crippen molar-refractivity contribution in [3.63, 3.8) is 0 Å². The van der Waals surface area contributed by atoms with Gasteiger partial charge in [0.25, 0.3) is 0 Å². The molecule has 0 saturated heterocycles. The van der Waals surface area contributed by atoms with Crippen molar-refractivity contribution in [2.24, 2.45) is 11.3 Å². The largest absolute Gasteiger partial charge is 0.0822 e. The van der Waals surface area contributed by atoms with Crippen molar-refractivity contribution >= 4 is 0 Å². The monoisotopic (exact) mass is 154 g/mol. The van der Waals surface area contributed by atoms with Crippen molar-refractivity contribution in [3.8, 4) is 0 Å². The molecule has 0 heteroatoms. The van der Waals surface area contributed by atoms with E-state index in [2.05, 4.69) is 47.6 Å². The molecule has 0 spiro atoms. The first-order valence-corrected chi connectivity index (χ1v) is 4.59. The predicted octanol–water partition coefficient (Wildman–Crippen LogP) is 4.02. The Balaban J connectivity index is 4.41. The smallest absolute Gasteiger partial charge is 0.0173 e. The summed E-state index contributed by atoms with van der Waals surface area (Å²) in [6.07, 6.45) is 3.57. The zero-order valence-electron chi connectivity index (χ0n) is 8.86. The summed E-state index contributed by atoms with van der Waals surface area (Å²) in [5.41, 5.74) is 1.94. The van der Waals surface area contributed by atoms with Gasteiger partial charge in [0.05, 0.1) is 0 Å². The Labute approximate surface area is 71.7 Å². The standard InChI is InChI=1S/C11H22/c1-7-10(8-9(2)3)11(4,5)6/h8-9H,7H2,1-6H3. The maximum atomic E-state index is 2.39. The number of rotatable bonds is 2. The molecule has 0 fully saturated rings.